The fourth-order valence-corrected chi connectivity index (χ4v) is 3.39. The molecule has 2 atom stereocenters. The summed E-state index contributed by atoms with van der Waals surface area (Å²) in [6.07, 6.45) is 7.48. The molecule has 1 aromatic carbocycles. The molecular formula is C19H29N. The zero-order valence-corrected chi connectivity index (χ0v) is 13.1. The molecule has 1 N–H and O–H groups in total. The zero-order valence-electron chi connectivity index (χ0n) is 13.1. The van der Waals surface area contributed by atoms with Gasteiger partial charge in [0, 0.05) is 6.04 Å². The number of hydrogen-bond donors (Lipinski definition) is 1. The van der Waals surface area contributed by atoms with Gasteiger partial charge in [-0.05, 0) is 69.0 Å². The normalized spacial score (nSPS) is 19.4. The molecule has 1 nitrogen and oxygen atoms in total. The van der Waals surface area contributed by atoms with Crippen molar-refractivity contribution in [3.63, 3.8) is 0 Å². The molecule has 1 heteroatoms. The maximum absolute atomic E-state index is 4.07. The van der Waals surface area contributed by atoms with E-state index in [0.29, 0.717) is 12.0 Å². The van der Waals surface area contributed by atoms with Crippen molar-refractivity contribution in [3.8, 4) is 0 Å². The highest BCUT2D eigenvalue weighted by Gasteiger charge is 2.26. The van der Waals surface area contributed by atoms with Gasteiger partial charge in [-0.15, -0.1) is 6.58 Å². The Bertz CT molecular complexity index is 435. The molecule has 2 unspecified atom stereocenters. The van der Waals surface area contributed by atoms with Crippen LogP contribution >= 0.6 is 0 Å². The summed E-state index contributed by atoms with van der Waals surface area (Å²) in [5.41, 5.74) is 4.47. The number of aryl methyl sites for hydroxylation is 1. The van der Waals surface area contributed by atoms with Gasteiger partial charge in [-0.1, -0.05) is 36.8 Å². The molecule has 0 radical (unpaired) electrons. The van der Waals surface area contributed by atoms with Gasteiger partial charge in [0.05, 0.1) is 0 Å². The van der Waals surface area contributed by atoms with Gasteiger partial charge in [0.1, 0.15) is 0 Å². The van der Waals surface area contributed by atoms with Gasteiger partial charge in [-0.25, -0.2) is 0 Å². The number of benzene rings is 1. The zero-order chi connectivity index (χ0) is 14.4. The predicted octanol–water partition coefficient (Wildman–Crippen LogP) is 4.83. The van der Waals surface area contributed by atoms with E-state index in [0.717, 1.165) is 13.0 Å². The number of nitrogens with one attached hydrogen (secondary N) is 1. The molecule has 0 saturated carbocycles. The molecule has 20 heavy (non-hydrogen) atoms. The molecular weight excluding hydrogens is 242 g/mol. The van der Waals surface area contributed by atoms with Crippen LogP contribution in [0, 0.1) is 0 Å². The van der Waals surface area contributed by atoms with E-state index in [-0.39, 0.29) is 0 Å². The molecule has 1 aliphatic rings. The lowest BCUT2D eigenvalue weighted by Gasteiger charge is -2.33. The lowest BCUT2D eigenvalue weighted by Crippen LogP contribution is -2.37. The fourth-order valence-electron chi connectivity index (χ4n) is 3.39. The van der Waals surface area contributed by atoms with Crippen molar-refractivity contribution in [2.45, 2.75) is 64.3 Å². The number of fused-ring (bicyclic) bond motifs is 1. The topological polar surface area (TPSA) is 12.0 Å². The molecule has 0 bridgehead atoms. The number of allylic oxidation sites excluding steroid dienone is 1. The third-order valence-electron chi connectivity index (χ3n) is 4.44. The first kappa shape index (κ1) is 15.3. The van der Waals surface area contributed by atoms with Crippen LogP contribution in [-0.4, -0.2) is 12.6 Å². The fraction of sp³-hybridized carbons (Fsp3) is 0.579. The third kappa shape index (κ3) is 3.96. The van der Waals surface area contributed by atoms with E-state index in [1.807, 2.05) is 0 Å². The first-order chi connectivity index (χ1) is 9.72. The molecule has 0 spiro atoms. The molecule has 110 valence electrons. The van der Waals surface area contributed by atoms with Crippen molar-refractivity contribution < 1.29 is 0 Å². The summed E-state index contributed by atoms with van der Waals surface area (Å²) in [6, 6.07) is 9.65. The lowest BCUT2D eigenvalue weighted by molar-refractivity contribution is 0.373. The van der Waals surface area contributed by atoms with Crippen LogP contribution in [0.4, 0.5) is 0 Å². The van der Waals surface area contributed by atoms with Crippen molar-refractivity contribution in [1.82, 2.24) is 5.32 Å². The lowest BCUT2D eigenvalue weighted by atomic mass is 9.77. The third-order valence-corrected chi connectivity index (χ3v) is 4.44. The number of rotatable bonds is 7. The highest BCUT2D eigenvalue weighted by Crippen LogP contribution is 2.35. The minimum Gasteiger partial charge on any atom is -0.313 e. The molecule has 0 aliphatic heterocycles. The van der Waals surface area contributed by atoms with Crippen LogP contribution in [0.25, 0.3) is 0 Å². The van der Waals surface area contributed by atoms with E-state index in [4.69, 9.17) is 0 Å². The Morgan fingerprint density at radius 3 is 2.95 bits per heavy atom. The Balaban J connectivity index is 2.13. The van der Waals surface area contributed by atoms with Gasteiger partial charge in [0.15, 0.2) is 0 Å². The molecule has 0 aromatic heterocycles. The summed E-state index contributed by atoms with van der Waals surface area (Å²) >= 11 is 0. The Hall–Kier alpha value is -1.08. The average molecular weight is 271 g/mol. The van der Waals surface area contributed by atoms with Crippen molar-refractivity contribution in [2.75, 3.05) is 6.54 Å². The predicted molar refractivity (Wildman–Crippen MR) is 88.3 cm³/mol. The first-order valence-electron chi connectivity index (χ1n) is 8.18. The van der Waals surface area contributed by atoms with E-state index in [9.17, 15) is 0 Å². The summed E-state index contributed by atoms with van der Waals surface area (Å²) < 4.78 is 0. The van der Waals surface area contributed by atoms with Crippen LogP contribution in [0.2, 0.25) is 0 Å². The molecule has 2 rings (SSSR count). The van der Waals surface area contributed by atoms with Gasteiger partial charge in [0.25, 0.3) is 0 Å². The van der Waals surface area contributed by atoms with Crippen LogP contribution in [0.3, 0.4) is 0 Å². The summed E-state index contributed by atoms with van der Waals surface area (Å²) in [5, 5.41) is 3.79. The van der Waals surface area contributed by atoms with Crippen LogP contribution in [0.1, 0.15) is 63.0 Å². The Morgan fingerprint density at radius 1 is 1.40 bits per heavy atom. The van der Waals surface area contributed by atoms with Crippen LogP contribution in [0.5, 0.6) is 0 Å². The van der Waals surface area contributed by atoms with Gasteiger partial charge in [-0.2, -0.15) is 0 Å². The van der Waals surface area contributed by atoms with Crippen LogP contribution in [0.15, 0.2) is 36.4 Å². The summed E-state index contributed by atoms with van der Waals surface area (Å²) in [7, 11) is 0. The van der Waals surface area contributed by atoms with E-state index in [1.165, 1.54) is 37.7 Å². The van der Waals surface area contributed by atoms with E-state index < -0.39 is 0 Å². The summed E-state index contributed by atoms with van der Waals surface area (Å²) in [5.74, 6) is 0.686. The SMILES string of the molecule is C=C(C)CCC(NCCC)C1CCCc2ccccc21. The molecule has 0 fully saturated rings. The van der Waals surface area contributed by atoms with Crippen molar-refractivity contribution in [3.05, 3.63) is 47.5 Å². The molecule has 1 aromatic rings. The molecule has 0 heterocycles. The maximum atomic E-state index is 4.07. The van der Waals surface area contributed by atoms with Crippen LogP contribution in [-0.2, 0) is 6.42 Å². The quantitative estimate of drug-likeness (QED) is 0.700. The Morgan fingerprint density at radius 2 is 2.20 bits per heavy atom. The minimum absolute atomic E-state index is 0.605. The van der Waals surface area contributed by atoms with Crippen molar-refractivity contribution in [1.29, 1.82) is 0 Å². The largest absolute Gasteiger partial charge is 0.313 e. The molecule has 0 amide bonds. The molecule has 1 aliphatic carbocycles. The second kappa shape index (κ2) is 7.64. The maximum Gasteiger partial charge on any atom is 0.0139 e. The van der Waals surface area contributed by atoms with Crippen molar-refractivity contribution >= 4 is 0 Å². The Kier molecular flexibility index (Phi) is 5.85. The average Bonchev–Trinajstić information content (AvgIpc) is 2.47. The second-order valence-electron chi connectivity index (χ2n) is 6.25. The minimum atomic E-state index is 0.605. The van der Waals surface area contributed by atoms with Gasteiger partial charge in [0.2, 0.25) is 0 Å². The van der Waals surface area contributed by atoms with E-state index in [1.54, 1.807) is 11.1 Å². The van der Waals surface area contributed by atoms with Gasteiger partial charge < -0.3 is 5.32 Å². The first-order valence-corrected chi connectivity index (χ1v) is 8.18. The van der Waals surface area contributed by atoms with E-state index >= 15 is 0 Å². The summed E-state index contributed by atoms with van der Waals surface area (Å²) in [6.45, 7) is 9.59. The van der Waals surface area contributed by atoms with Crippen LogP contribution < -0.4 is 5.32 Å². The Labute approximate surface area is 124 Å². The molecule has 0 saturated heterocycles. The smallest absolute Gasteiger partial charge is 0.0139 e. The van der Waals surface area contributed by atoms with Gasteiger partial charge in [-0.3, -0.25) is 0 Å². The second-order valence-corrected chi connectivity index (χ2v) is 6.25. The standard InChI is InChI=1S/C19H29N/c1-4-14-20-19(13-12-15(2)3)18-11-7-9-16-8-5-6-10-17(16)18/h5-6,8,10,18-20H,2,4,7,9,11-14H2,1,3H3. The number of hydrogen-bond acceptors (Lipinski definition) is 1. The highest BCUT2D eigenvalue weighted by atomic mass is 14.9. The monoisotopic (exact) mass is 271 g/mol. The van der Waals surface area contributed by atoms with E-state index in [2.05, 4.69) is 50.0 Å². The van der Waals surface area contributed by atoms with Crippen molar-refractivity contribution in [2.24, 2.45) is 0 Å². The summed E-state index contributed by atoms with van der Waals surface area (Å²) in [4.78, 5) is 0. The van der Waals surface area contributed by atoms with Gasteiger partial charge >= 0.3 is 0 Å². The highest BCUT2D eigenvalue weighted by molar-refractivity contribution is 5.33.